The molecule has 6 rings (SSSR count). The lowest BCUT2D eigenvalue weighted by Crippen LogP contribution is -2.53. The highest BCUT2D eigenvalue weighted by molar-refractivity contribution is 6.17. The molecule has 2 aliphatic heterocycles. The largest absolute Gasteiger partial charge is 0.436 e. The van der Waals surface area contributed by atoms with Crippen LogP contribution in [0.5, 0.6) is 11.6 Å². The van der Waals surface area contributed by atoms with E-state index in [0.717, 1.165) is 69.6 Å². The van der Waals surface area contributed by atoms with Crippen molar-refractivity contribution >= 4 is 35.0 Å². The molecule has 15 heteroatoms. The van der Waals surface area contributed by atoms with Gasteiger partial charge in [-0.15, -0.1) is 0 Å². The van der Waals surface area contributed by atoms with Gasteiger partial charge in [-0.1, -0.05) is 0 Å². The Balaban J connectivity index is 1.03. The van der Waals surface area contributed by atoms with Crippen LogP contribution in [-0.2, 0) is 9.59 Å². The second-order valence-electron chi connectivity index (χ2n) is 12.1. The molecule has 3 aliphatic rings. The van der Waals surface area contributed by atoms with Crippen molar-refractivity contribution in [2.45, 2.75) is 31.7 Å². The van der Waals surface area contributed by atoms with Crippen molar-refractivity contribution in [1.29, 1.82) is 0 Å². The fourth-order valence-electron chi connectivity index (χ4n) is 5.80. The number of hydrogen-bond donors (Lipinski definition) is 3. The number of ether oxygens (including phenoxy) is 1. The predicted molar refractivity (Wildman–Crippen MR) is 166 cm³/mol. The first-order valence-electron chi connectivity index (χ1n) is 15.5. The molecule has 3 heterocycles. The van der Waals surface area contributed by atoms with E-state index >= 15 is 8.78 Å². The van der Waals surface area contributed by atoms with Gasteiger partial charge in [0.25, 0.3) is 0 Å². The minimum atomic E-state index is -1.46. The van der Waals surface area contributed by atoms with Crippen LogP contribution < -0.4 is 20.7 Å². The number of halogens is 3. The maximum atomic E-state index is 15.0. The molecule has 0 atom stereocenters. The van der Waals surface area contributed by atoms with Gasteiger partial charge in [0.2, 0.25) is 17.7 Å². The van der Waals surface area contributed by atoms with Crippen LogP contribution in [0.2, 0.25) is 0 Å². The highest BCUT2D eigenvalue weighted by atomic mass is 19.1. The third-order valence-electron chi connectivity index (χ3n) is 8.89. The number of likely N-dealkylation sites (tertiary alicyclic amines) is 1. The molecule has 3 aromatic rings. The zero-order valence-corrected chi connectivity index (χ0v) is 25.8. The lowest BCUT2D eigenvalue weighted by Gasteiger charge is -2.42. The number of carbonyl (C=O) groups is 3. The van der Waals surface area contributed by atoms with Gasteiger partial charge in [-0.25, -0.2) is 27.9 Å². The molecule has 4 amide bonds. The maximum absolute atomic E-state index is 15.0. The van der Waals surface area contributed by atoms with E-state index in [-0.39, 0.29) is 30.6 Å². The first-order chi connectivity index (χ1) is 22.6. The van der Waals surface area contributed by atoms with Gasteiger partial charge >= 0.3 is 6.03 Å². The number of rotatable bonds is 8. The summed E-state index contributed by atoms with van der Waals surface area (Å²) >= 11 is 0. The summed E-state index contributed by atoms with van der Waals surface area (Å²) in [6.45, 7) is 5.34. The lowest BCUT2D eigenvalue weighted by molar-refractivity contribution is -0.131. The van der Waals surface area contributed by atoms with Crippen LogP contribution >= 0.6 is 0 Å². The van der Waals surface area contributed by atoms with E-state index < -0.39 is 46.1 Å². The molecule has 0 spiro atoms. The van der Waals surface area contributed by atoms with Crippen LogP contribution in [0.1, 0.15) is 25.7 Å². The number of hydrogen-bond acceptors (Lipinski definition) is 8. The van der Waals surface area contributed by atoms with Gasteiger partial charge in [0.05, 0.1) is 5.69 Å². The number of likely N-dealkylation sites (N-methyl/N-ethyl adjacent to an activating group) is 1. The van der Waals surface area contributed by atoms with Crippen LogP contribution in [0.4, 0.5) is 35.2 Å². The first kappa shape index (κ1) is 32.2. The van der Waals surface area contributed by atoms with Gasteiger partial charge in [0, 0.05) is 69.2 Å². The third kappa shape index (κ3) is 7.46. The number of amides is 4. The Bertz CT molecular complexity index is 1640. The summed E-state index contributed by atoms with van der Waals surface area (Å²) in [5, 5.41) is 7.56. The van der Waals surface area contributed by atoms with Gasteiger partial charge in [0.15, 0.2) is 17.4 Å². The number of piperazine rings is 1. The van der Waals surface area contributed by atoms with E-state index in [2.05, 4.69) is 42.8 Å². The minimum absolute atomic E-state index is 0.125. The number of anilines is 3. The summed E-state index contributed by atoms with van der Waals surface area (Å²) in [6.07, 6.45) is 3.29. The molecule has 1 aromatic heterocycles. The van der Waals surface area contributed by atoms with Gasteiger partial charge in [-0.3, -0.25) is 19.8 Å². The zero-order valence-electron chi connectivity index (χ0n) is 25.8. The molecule has 12 nitrogen and oxygen atoms in total. The summed E-state index contributed by atoms with van der Waals surface area (Å²) < 4.78 is 48.7. The average Bonchev–Trinajstić information content (AvgIpc) is 3.88. The van der Waals surface area contributed by atoms with E-state index in [1.807, 2.05) is 0 Å². The zero-order chi connectivity index (χ0) is 33.1. The number of nitrogens with zero attached hydrogens (tertiary/aromatic N) is 5. The third-order valence-corrected chi connectivity index (χ3v) is 8.89. The topological polar surface area (TPSA) is 132 Å². The summed E-state index contributed by atoms with van der Waals surface area (Å²) in [5.74, 6) is -4.47. The van der Waals surface area contributed by atoms with Crippen molar-refractivity contribution in [3.8, 4) is 11.6 Å². The Kier molecular flexibility index (Phi) is 9.27. The smallest absolute Gasteiger partial charge is 0.323 e. The number of urea groups is 1. The Hall–Kier alpha value is -4.76. The van der Waals surface area contributed by atoms with E-state index in [9.17, 15) is 18.8 Å². The van der Waals surface area contributed by atoms with Crippen molar-refractivity contribution in [3.63, 3.8) is 0 Å². The Morgan fingerprint density at radius 2 is 1.51 bits per heavy atom. The fraction of sp³-hybridized carbons (Fsp3) is 0.406. The molecule has 0 bridgehead atoms. The van der Waals surface area contributed by atoms with E-state index in [1.165, 1.54) is 18.2 Å². The summed E-state index contributed by atoms with van der Waals surface area (Å²) in [5.41, 5.74) is -1.65. The second-order valence-corrected chi connectivity index (χ2v) is 12.1. The molecule has 3 fully saturated rings. The summed E-state index contributed by atoms with van der Waals surface area (Å²) in [6, 6.07) is 7.92. The van der Waals surface area contributed by atoms with Gasteiger partial charge in [-0.05, 0) is 57.0 Å². The van der Waals surface area contributed by atoms with Gasteiger partial charge < -0.3 is 25.2 Å². The lowest BCUT2D eigenvalue weighted by atomic mass is 10.0. The van der Waals surface area contributed by atoms with Crippen molar-refractivity contribution < 1.29 is 32.3 Å². The molecule has 0 radical (unpaired) electrons. The first-order valence-corrected chi connectivity index (χ1v) is 15.5. The normalized spacial score (nSPS) is 18.3. The molecular weight excluding hydrogens is 617 g/mol. The van der Waals surface area contributed by atoms with Gasteiger partial charge in [0.1, 0.15) is 23.4 Å². The number of aromatic nitrogens is 2. The van der Waals surface area contributed by atoms with E-state index in [4.69, 9.17) is 4.74 Å². The molecule has 0 unspecified atom stereocenters. The molecular formula is C32H35F3N8O4. The van der Waals surface area contributed by atoms with Crippen LogP contribution in [0.3, 0.4) is 0 Å². The molecule has 2 saturated heterocycles. The number of nitrogens with one attached hydrogen (secondary N) is 3. The SMILES string of the molecule is CN1CCN(C2CCN(C(=O)Nc3cc(Oc4cc(F)c(NC(=O)C5(C(=O)Nc6ccc(F)cc6)CC5)cc4F)ncn3)CC2)CC1. The van der Waals surface area contributed by atoms with Crippen LogP contribution in [0, 0.1) is 22.9 Å². The Morgan fingerprint density at radius 3 is 2.19 bits per heavy atom. The van der Waals surface area contributed by atoms with E-state index in [0.29, 0.717) is 24.8 Å². The molecule has 1 aliphatic carbocycles. The van der Waals surface area contributed by atoms with Crippen LogP contribution in [0.25, 0.3) is 0 Å². The monoisotopic (exact) mass is 652 g/mol. The van der Waals surface area contributed by atoms with Crippen LogP contribution in [-0.4, -0.2) is 94.9 Å². The van der Waals surface area contributed by atoms with Crippen molar-refractivity contribution in [1.82, 2.24) is 24.7 Å². The maximum Gasteiger partial charge on any atom is 0.323 e. The number of benzene rings is 2. The van der Waals surface area contributed by atoms with E-state index in [1.54, 1.807) is 4.90 Å². The molecule has 1 saturated carbocycles. The molecule has 2 aromatic carbocycles. The molecule has 248 valence electrons. The molecule has 47 heavy (non-hydrogen) atoms. The number of carbonyl (C=O) groups excluding carboxylic acids is 3. The fourth-order valence-corrected chi connectivity index (χ4v) is 5.80. The molecule has 3 N–H and O–H groups in total. The number of piperidine rings is 1. The standard InChI is InChI=1S/C32H35F3N8O4/c1-41-12-14-42(15-13-41)22-6-10-43(11-7-22)31(46)40-27-18-28(37-19-36-27)47-26-17-23(34)25(16-24(26)35)39-30(45)32(8-9-32)29(44)38-21-4-2-20(33)3-5-21/h2-5,16-19,22H,6-15H2,1H3,(H,38,44)(H,39,45)(H,36,37,40,46). The van der Waals surface area contributed by atoms with Crippen molar-refractivity contribution in [3.05, 3.63) is 66.2 Å². The Morgan fingerprint density at radius 1 is 0.830 bits per heavy atom. The second kappa shape index (κ2) is 13.5. The van der Waals surface area contributed by atoms with Crippen LogP contribution in [0.15, 0.2) is 48.8 Å². The minimum Gasteiger partial charge on any atom is -0.436 e. The van der Waals surface area contributed by atoms with Crippen molar-refractivity contribution in [2.75, 3.05) is 62.3 Å². The average molecular weight is 653 g/mol. The highest BCUT2D eigenvalue weighted by Crippen LogP contribution is 2.48. The quantitative estimate of drug-likeness (QED) is 0.308. The van der Waals surface area contributed by atoms with Crippen molar-refractivity contribution in [2.24, 2.45) is 5.41 Å². The Labute approximate surface area is 269 Å². The summed E-state index contributed by atoms with van der Waals surface area (Å²) in [7, 11) is 2.12. The van der Waals surface area contributed by atoms with Gasteiger partial charge in [-0.2, -0.15) is 0 Å². The highest BCUT2D eigenvalue weighted by Gasteiger charge is 2.56. The summed E-state index contributed by atoms with van der Waals surface area (Å²) in [4.78, 5) is 53.2. The predicted octanol–water partition coefficient (Wildman–Crippen LogP) is 4.29.